The molecule has 0 aliphatic heterocycles. The minimum atomic E-state index is -0.852. The molecule has 0 amide bonds. The molecule has 2 nitrogen and oxygen atoms in total. The van der Waals surface area contributed by atoms with Crippen LogP contribution in [0.4, 0.5) is 14.5 Å². The molecule has 0 aliphatic rings. The number of pyridine rings is 1. The van der Waals surface area contributed by atoms with E-state index in [0.717, 1.165) is 28.6 Å². The summed E-state index contributed by atoms with van der Waals surface area (Å²) in [6.45, 7) is 7.78. The standard InChI is InChI=1S/C16H18F2N2/c1-9-8-10(2)19-11(3)15(9)12(4)20-14-7-5-6-13(17)16(14)18/h5-8,12,20H,1-4H3. The van der Waals surface area contributed by atoms with Gasteiger partial charge in [-0.3, -0.25) is 4.98 Å². The van der Waals surface area contributed by atoms with Gasteiger partial charge >= 0.3 is 0 Å². The zero-order valence-corrected chi connectivity index (χ0v) is 12.1. The van der Waals surface area contributed by atoms with Gasteiger partial charge in [0, 0.05) is 11.4 Å². The molecule has 0 saturated carbocycles. The molecule has 0 radical (unpaired) electrons. The van der Waals surface area contributed by atoms with Crippen molar-refractivity contribution in [1.29, 1.82) is 0 Å². The highest BCUT2D eigenvalue weighted by atomic mass is 19.2. The first-order valence-electron chi connectivity index (χ1n) is 6.55. The van der Waals surface area contributed by atoms with Crippen molar-refractivity contribution in [1.82, 2.24) is 4.98 Å². The first-order valence-corrected chi connectivity index (χ1v) is 6.55. The summed E-state index contributed by atoms with van der Waals surface area (Å²) in [5.41, 5.74) is 4.12. The highest BCUT2D eigenvalue weighted by Gasteiger charge is 2.15. The third-order valence-electron chi connectivity index (χ3n) is 3.34. The average molecular weight is 276 g/mol. The Morgan fingerprint density at radius 3 is 2.50 bits per heavy atom. The Morgan fingerprint density at radius 1 is 1.15 bits per heavy atom. The summed E-state index contributed by atoms with van der Waals surface area (Å²) in [6.07, 6.45) is 0. The zero-order chi connectivity index (χ0) is 14.9. The first kappa shape index (κ1) is 14.4. The molecule has 1 unspecified atom stereocenters. The number of benzene rings is 1. The maximum absolute atomic E-state index is 13.7. The molecule has 1 heterocycles. The van der Waals surface area contributed by atoms with Crippen molar-refractivity contribution in [2.45, 2.75) is 33.7 Å². The topological polar surface area (TPSA) is 24.9 Å². The van der Waals surface area contributed by atoms with Gasteiger partial charge in [0.05, 0.1) is 11.7 Å². The molecule has 0 saturated heterocycles. The fourth-order valence-electron chi connectivity index (χ4n) is 2.61. The van der Waals surface area contributed by atoms with Crippen LogP contribution in [0, 0.1) is 32.4 Å². The van der Waals surface area contributed by atoms with Gasteiger partial charge in [-0.15, -0.1) is 0 Å². The molecule has 2 rings (SSSR count). The predicted octanol–water partition coefficient (Wildman–Crippen LogP) is 4.46. The summed E-state index contributed by atoms with van der Waals surface area (Å²) in [5.74, 6) is -1.70. The van der Waals surface area contributed by atoms with Gasteiger partial charge in [0.25, 0.3) is 0 Å². The minimum absolute atomic E-state index is 0.153. The highest BCUT2D eigenvalue weighted by molar-refractivity contribution is 5.48. The largest absolute Gasteiger partial charge is 0.376 e. The van der Waals surface area contributed by atoms with Gasteiger partial charge < -0.3 is 5.32 Å². The van der Waals surface area contributed by atoms with E-state index in [2.05, 4.69) is 10.3 Å². The third-order valence-corrected chi connectivity index (χ3v) is 3.34. The molecule has 1 atom stereocenters. The molecule has 1 N–H and O–H groups in total. The summed E-state index contributed by atoms with van der Waals surface area (Å²) in [6, 6.07) is 5.96. The predicted molar refractivity (Wildman–Crippen MR) is 76.8 cm³/mol. The molecule has 4 heteroatoms. The molecular formula is C16H18F2N2. The maximum atomic E-state index is 13.7. The number of hydrogen-bond acceptors (Lipinski definition) is 2. The molecule has 106 valence electrons. The van der Waals surface area contributed by atoms with Gasteiger partial charge in [-0.05, 0) is 57.0 Å². The van der Waals surface area contributed by atoms with Gasteiger partial charge in [-0.2, -0.15) is 0 Å². The molecule has 20 heavy (non-hydrogen) atoms. The molecule has 0 aliphatic carbocycles. The van der Waals surface area contributed by atoms with Crippen molar-refractivity contribution in [3.05, 3.63) is 58.4 Å². The van der Waals surface area contributed by atoms with Gasteiger partial charge in [0.15, 0.2) is 11.6 Å². The van der Waals surface area contributed by atoms with E-state index in [-0.39, 0.29) is 11.7 Å². The van der Waals surface area contributed by atoms with Crippen molar-refractivity contribution in [3.8, 4) is 0 Å². The van der Waals surface area contributed by atoms with E-state index in [9.17, 15) is 8.78 Å². The van der Waals surface area contributed by atoms with Crippen molar-refractivity contribution < 1.29 is 8.78 Å². The Bertz CT molecular complexity index is 615. The van der Waals surface area contributed by atoms with Crippen molar-refractivity contribution in [3.63, 3.8) is 0 Å². The van der Waals surface area contributed by atoms with Crippen LogP contribution in [0.3, 0.4) is 0 Å². The quantitative estimate of drug-likeness (QED) is 0.895. The van der Waals surface area contributed by atoms with E-state index >= 15 is 0 Å². The van der Waals surface area contributed by atoms with Crippen LogP contribution in [0.15, 0.2) is 24.3 Å². The Balaban J connectivity index is 2.33. The molecule has 0 spiro atoms. The zero-order valence-electron chi connectivity index (χ0n) is 12.1. The Kier molecular flexibility index (Phi) is 4.02. The van der Waals surface area contributed by atoms with Crippen molar-refractivity contribution in [2.24, 2.45) is 0 Å². The van der Waals surface area contributed by atoms with Gasteiger partial charge in [0.2, 0.25) is 0 Å². The lowest BCUT2D eigenvalue weighted by Gasteiger charge is -2.20. The summed E-state index contributed by atoms with van der Waals surface area (Å²) in [4.78, 5) is 4.43. The summed E-state index contributed by atoms with van der Waals surface area (Å²) in [5, 5.41) is 3.01. The second kappa shape index (κ2) is 5.57. The normalized spacial score (nSPS) is 12.3. The molecule has 1 aromatic heterocycles. The molecular weight excluding hydrogens is 258 g/mol. The van der Waals surface area contributed by atoms with Crippen molar-refractivity contribution >= 4 is 5.69 Å². The smallest absolute Gasteiger partial charge is 0.181 e. The van der Waals surface area contributed by atoms with Crippen LogP contribution >= 0.6 is 0 Å². The van der Waals surface area contributed by atoms with Crippen molar-refractivity contribution in [2.75, 3.05) is 5.32 Å². The summed E-state index contributed by atoms with van der Waals surface area (Å²) >= 11 is 0. The van der Waals surface area contributed by atoms with Crippen LogP contribution in [0.2, 0.25) is 0 Å². The number of nitrogens with zero attached hydrogens (tertiary/aromatic N) is 1. The molecule has 0 fully saturated rings. The lowest BCUT2D eigenvalue weighted by molar-refractivity contribution is 0.510. The molecule has 2 aromatic rings. The number of rotatable bonds is 3. The Morgan fingerprint density at radius 2 is 1.85 bits per heavy atom. The molecule has 1 aromatic carbocycles. The van der Waals surface area contributed by atoms with E-state index in [4.69, 9.17) is 0 Å². The van der Waals surface area contributed by atoms with Crippen LogP contribution in [0.5, 0.6) is 0 Å². The summed E-state index contributed by atoms with van der Waals surface area (Å²) in [7, 11) is 0. The van der Waals surface area contributed by atoms with Crippen LogP contribution in [-0.2, 0) is 0 Å². The fourth-order valence-corrected chi connectivity index (χ4v) is 2.61. The van der Waals surface area contributed by atoms with Crippen LogP contribution in [0.1, 0.15) is 35.5 Å². The monoisotopic (exact) mass is 276 g/mol. The lowest BCUT2D eigenvalue weighted by Crippen LogP contribution is -2.13. The number of anilines is 1. The second-order valence-corrected chi connectivity index (χ2v) is 5.05. The number of aryl methyl sites for hydroxylation is 3. The number of aromatic nitrogens is 1. The summed E-state index contributed by atoms with van der Waals surface area (Å²) < 4.78 is 26.9. The second-order valence-electron chi connectivity index (χ2n) is 5.05. The Hall–Kier alpha value is -1.97. The lowest BCUT2D eigenvalue weighted by atomic mass is 10.00. The van der Waals surface area contributed by atoms with Crippen LogP contribution < -0.4 is 5.32 Å². The van der Waals surface area contributed by atoms with E-state index in [0.29, 0.717) is 0 Å². The van der Waals surface area contributed by atoms with Crippen LogP contribution in [0.25, 0.3) is 0 Å². The SMILES string of the molecule is Cc1cc(C)c(C(C)Nc2cccc(F)c2F)c(C)n1. The third kappa shape index (κ3) is 2.79. The van der Waals surface area contributed by atoms with Gasteiger partial charge in [-0.1, -0.05) is 6.07 Å². The van der Waals surface area contributed by atoms with E-state index in [1.807, 2.05) is 33.8 Å². The minimum Gasteiger partial charge on any atom is -0.376 e. The van der Waals surface area contributed by atoms with E-state index < -0.39 is 11.6 Å². The fraction of sp³-hybridized carbons (Fsp3) is 0.312. The first-order chi connectivity index (χ1) is 9.40. The van der Waals surface area contributed by atoms with E-state index in [1.54, 1.807) is 0 Å². The number of nitrogens with one attached hydrogen (secondary N) is 1. The molecule has 0 bridgehead atoms. The highest BCUT2D eigenvalue weighted by Crippen LogP contribution is 2.26. The van der Waals surface area contributed by atoms with Crippen LogP contribution in [-0.4, -0.2) is 4.98 Å². The number of halogens is 2. The van der Waals surface area contributed by atoms with Gasteiger partial charge in [0.1, 0.15) is 0 Å². The number of hydrogen-bond donors (Lipinski definition) is 1. The average Bonchev–Trinajstić information content (AvgIpc) is 2.33. The van der Waals surface area contributed by atoms with E-state index in [1.165, 1.54) is 12.1 Å². The Labute approximate surface area is 117 Å². The maximum Gasteiger partial charge on any atom is 0.181 e. The van der Waals surface area contributed by atoms with Gasteiger partial charge in [-0.25, -0.2) is 8.78 Å².